The molecule has 1 heterocycles. The maximum atomic E-state index is 11.5. The first-order valence-electron chi connectivity index (χ1n) is 4.91. The van der Waals surface area contributed by atoms with Crippen LogP contribution >= 0.6 is 12.2 Å². The topological polar surface area (TPSA) is 60.9 Å². The van der Waals surface area contributed by atoms with Gasteiger partial charge < -0.3 is 5.73 Å². The van der Waals surface area contributed by atoms with E-state index in [0.717, 1.165) is 5.52 Å². The Labute approximate surface area is 97.7 Å². The van der Waals surface area contributed by atoms with Gasteiger partial charge in [-0.25, -0.2) is 0 Å². The fourth-order valence-electron chi connectivity index (χ4n) is 1.56. The maximum absolute atomic E-state index is 11.5. The van der Waals surface area contributed by atoms with Gasteiger partial charge >= 0.3 is 0 Å². The predicted octanol–water partition coefficient (Wildman–Crippen LogP) is 1.07. The van der Waals surface area contributed by atoms with Crippen molar-refractivity contribution in [2.75, 3.05) is 0 Å². The molecule has 0 atom stereocenters. The number of aromatic nitrogens is 2. The molecule has 2 aromatic rings. The molecule has 0 radical (unpaired) electrons. The van der Waals surface area contributed by atoms with Crippen molar-refractivity contribution in [1.82, 2.24) is 9.78 Å². The molecule has 82 valence electrons. The highest BCUT2D eigenvalue weighted by molar-refractivity contribution is 7.80. The van der Waals surface area contributed by atoms with Gasteiger partial charge in [0.1, 0.15) is 0 Å². The van der Waals surface area contributed by atoms with Gasteiger partial charge in [-0.05, 0) is 12.1 Å². The van der Waals surface area contributed by atoms with Gasteiger partial charge in [0.05, 0.1) is 16.7 Å². The van der Waals surface area contributed by atoms with E-state index in [9.17, 15) is 4.79 Å². The maximum Gasteiger partial charge on any atom is 0.207 e. The fraction of sp³-hybridized carbons (Fsp3) is 0.182. The predicted molar refractivity (Wildman–Crippen MR) is 67.4 cm³/mol. The molecule has 0 amide bonds. The number of aryl methyl sites for hydroxylation is 1. The Balaban J connectivity index is 2.50. The summed E-state index contributed by atoms with van der Waals surface area (Å²) in [5, 5.41) is 4.73. The molecule has 1 aromatic carbocycles. The summed E-state index contributed by atoms with van der Waals surface area (Å²) in [7, 11) is 0. The third-order valence-corrected chi connectivity index (χ3v) is 2.54. The molecule has 1 aromatic heterocycles. The number of benzene rings is 1. The molecule has 2 N–H and O–H groups in total. The Bertz CT molecular complexity index is 591. The zero-order valence-electron chi connectivity index (χ0n) is 8.59. The molecule has 0 aliphatic carbocycles. The second-order valence-corrected chi connectivity index (χ2v) is 3.99. The van der Waals surface area contributed by atoms with Crippen LogP contribution in [0, 0.1) is 0 Å². The Morgan fingerprint density at radius 2 is 2.19 bits per heavy atom. The van der Waals surface area contributed by atoms with Crippen molar-refractivity contribution in [3.8, 4) is 0 Å². The molecule has 0 bridgehead atoms. The van der Waals surface area contributed by atoms with E-state index in [0.29, 0.717) is 23.3 Å². The van der Waals surface area contributed by atoms with Gasteiger partial charge in [-0.15, -0.1) is 0 Å². The number of rotatable bonds is 3. The van der Waals surface area contributed by atoms with Gasteiger partial charge in [-0.3, -0.25) is 9.48 Å². The van der Waals surface area contributed by atoms with Crippen molar-refractivity contribution in [2.45, 2.75) is 13.0 Å². The SMILES string of the molecule is NC(=S)CCn1ncc(=O)c2ccccc21. The number of thiocarbonyl (C=S) groups is 1. The van der Waals surface area contributed by atoms with Gasteiger partial charge in [0, 0.05) is 18.4 Å². The van der Waals surface area contributed by atoms with E-state index in [1.54, 1.807) is 10.7 Å². The number of para-hydroxylation sites is 1. The van der Waals surface area contributed by atoms with Crippen molar-refractivity contribution < 1.29 is 0 Å². The minimum absolute atomic E-state index is 0.0674. The molecule has 0 fully saturated rings. The zero-order chi connectivity index (χ0) is 11.5. The Morgan fingerprint density at radius 1 is 1.44 bits per heavy atom. The molecule has 5 heteroatoms. The lowest BCUT2D eigenvalue weighted by molar-refractivity contribution is 0.644. The summed E-state index contributed by atoms with van der Waals surface area (Å²) in [5.41, 5.74) is 6.19. The number of fused-ring (bicyclic) bond motifs is 1. The molecule has 0 aliphatic rings. The van der Waals surface area contributed by atoms with Crippen LogP contribution in [0.25, 0.3) is 10.9 Å². The lowest BCUT2D eigenvalue weighted by Gasteiger charge is -2.07. The molecule has 0 saturated carbocycles. The van der Waals surface area contributed by atoms with E-state index in [4.69, 9.17) is 18.0 Å². The van der Waals surface area contributed by atoms with Crippen LogP contribution in [-0.4, -0.2) is 14.8 Å². The van der Waals surface area contributed by atoms with Gasteiger partial charge in [-0.2, -0.15) is 5.10 Å². The minimum Gasteiger partial charge on any atom is -0.393 e. The molecule has 0 saturated heterocycles. The van der Waals surface area contributed by atoms with Crippen LogP contribution in [0.4, 0.5) is 0 Å². The van der Waals surface area contributed by atoms with Gasteiger partial charge in [0.2, 0.25) is 5.43 Å². The van der Waals surface area contributed by atoms with Crippen LogP contribution < -0.4 is 11.2 Å². The molecular formula is C11H11N3OS. The number of hydrogen-bond donors (Lipinski definition) is 1. The van der Waals surface area contributed by atoms with Crippen LogP contribution in [-0.2, 0) is 6.54 Å². The van der Waals surface area contributed by atoms with E-state index in [1.807, 2.05) is 18.2 Å². The molecular weight excluding hydrogens is 222 g/mol. The van der Waals surface area contributed by atoms with Crippen molar-refractivity contribution in [3.05, 3.63) is 40.7 Å². The van der Waals surface area contributed by atoms with Crippen molar-refractivity contribution in [2.24, 2.45) is 5.73 Å². The minimum atomic E-state index is -0.0674. The second kappa shape index (κ2) is 4.40. The van der Waals surface area contributed by atoms with Gasteiger partial charge in [0.25, 0.3) is 0 Å². The summed E-state index contributed by atoms with van der Waals surface area (Å²) in [6, 6.07) is 7.36. The highest BCUT2D eigenvalue weighted by Gasteiger charge is 2.02. The summed E-state index contributed by atoms with van der Waals surface area (Å²) in [6.45, 7) is 0.593. The summed E-state index contributed by atoms with van der Waals surface area (Å²) in [6.07, 6.45) is 1.90. The normalized spacial score (nSPS) is 10.5. The average molecular weight is 233 g/mol. The number of nitrogens with zero attached hydrogens (tertiary/aromatic N) is 2. The third kappa shape index (κ3) is 2.09. The largest absolute Gasteiger partial charge is 0.393 e. The van der Waals surface area contributed by atoms with Crippen LogP contribution in [0.1, 0.15) is 6.42 Å². The first-order valence-corrected chi connectivity index (χ1v) is 5.32. The monoisotopic (exact) mass is 233 g/mol. The number of hydrogen-bond acceptors (Lipinski definition) is 3. The first-order chi connectivity index (χ1) is 7.68. The number of nitrogens with two attached hydrogens (primary N) is 1. The summed E-state index contributed by atoms with van der Waals surface area (Å²) < 4.78 is 1.75. The lowest BCUT2D eigenvalue weighted by Crippen LogP contribution is -2.16. The van der Waals surface area contributed by atoms with E-state index in [-0.39, 0.29) is 5.43 Å². The van der Waals surface area contributed by atoms with Crippen LogP contribution in [0.2, 0.25) is 0 Å². The standard InChI is InChI=1S/C11H11N3OS/c12-11(16)5-6-14-9-4-2-1-3-8(9)10(15)7-13-14/h1-4,7H,5-6H2,(H2,12,16). The van der Waals surface area contributed by atoms with Gasteiger partial charge in [-0.1, -0.05) is 24.4 Å². The highest BCUT2D eigenvalue weighted by atomic mass is 32.1. The van der Waals surface area contributed by atoms with Gasteiger partial charge in [0.15, 0.2) is 0 Å². The van der Waals surface area contributed by atoms with Crippen LogP contribution in [0.5, 0.6) is 0 Å². The molecule has 4 nitrogen and oxygen atoms in total. The summed E-state index contributed by atoms with van der Waals surface area (Å²) in [4.78, 5) is 12.0. The van der Waals surface area contributed by atoms with Crippen LogP contribution in [0.15, 0.2) is 35.3 Å². The molecule has 2 rings (SSSR count). The molecule has 0 aliphatic heterocycles. The Morgan fingerprint density at radius 3 is 2.94 bits per heavy atom. The van der Waals surface area contributed by atoms with E-state index in [2.05, 4.69) is 5.10 Å². The first kappa shape index (κ1) is 10.8. The third-order valence-electron chi connectivity index (χ3n) is 2.33. The highest BCUT2D eigenvalue weighted by Crippen LogP contribution is 2.08. The Hall–Kier alpha value is -1.75. The Kier molecular flexibility index (Phi) is 2.96. The van der Waals surface area contributed by atoms with Crippen molar-refractivity contribution in [1.29, 1.82) is 0 Å². The van der Waals surface area contributed by atoms with E-state index < -0.39 is 0 Å². The van der Waals surface area contributed by atoms with Crippen molar-refractivity contribution >= 4 is 28.1 Å². The zero-order valence-corrected chi connectivity index (χ0v) is 9.41. The molecule has 16 heavy (non-hydrogen) atoms. The smallest absolute Gasteiger partial charge is 0.207 e. The average Bonchev–Trinajstić information content (AvgIpc) is 2.28. The summed E-state index contributed by atoms with van der Waals surface area (Å²) in [5.74, 6) is 0. The van der Waals surface area contributed by atoms with E-state index >= 15 is 0 Å². The van der Waals surface area contributed by atoms with Crippen molar-refractivity contribution in [3.63, 3.8) is 0 Å². The lowest BCUT2D eigenvalue weighted by atomic mass is 10.2. The second-order valence-electron chi connectivity index (χ2n) is 3.47. The molecule has 0 unspecified atom stereocenters. The van der Waals surface area contributed by atoms with E-state index in [1.165, 1.54) is 6.20 Å². The van der Waals surface area contributed by atoms with Crippen LogP contribution in [0.3, 0.4) is 0 Å². The fourth-order valence-corrected chi connectivity index (χ4v) is 1.65. The quantitative estimate of drug-likeness (QED) is 0.806. The molecule has 0 spiro atoms. The summed E-state index contributed by atoms with van der Waals surface area (Å²) >= 11 is 4.82.